The largest absolute Gasteiger partial charge is 0.494 e. The maximum absolute atomic E-state index is 12.9. The van der Waals surface area contributed by atoms with Gasteiger partial charge in [-0.1, -0.05) is 38.8 Å². The van der Waals surface area contributed by atoms with E-state index in [0.29, 0.717) is 48.8 Å². The molecule has 0 amide bonds. The number of hydrogen-bond donors (Lipinski definition) is 1. The van der Waals surface area contributed by atoms with E-state index in [4.69, 9.17) is 9.47 Å². The molecule has 1 aliphatic rings. The van der Waals surface area contributed by atoms with Crippen LogP contribution >= 0.6 is 0 Å². The first-order valence-corrected chi connectivity index (χ1v) is 10.6. The fraction of sp³-hybridized carbons (Fsp3) is 0.500. The van der Waals surface area contributed by atoms with E-state index in [1.54, 1.807) is 0 Å². The van der Waals surface area contributed by atoms with Crippen molar-refractivity contribution in [1.29, 1.82) is 0 Å². The van der Waals surface area contributed by atoms with E-state index in [2.05, 4.69) is 18.8 Å². The normalized spacial score (nSPS) is 16.0. The predicted octanol–water partition coefficient (Wildman–Crippen LogP) is 5.23. The molecule has 0 radical (unpaired) electrons. The van der Waals surface area contributed by atoms with Crippen LogP contribution in [0.3, 0.4) is 0 Å². The molecule has 1 unspecified atom stereocenters. The minimum Gasteiger partial charge on any atom is -0.494 e. The highest BCUT2D eigenvalue weighted by Crippen LogP contribution is 2.35. The number of esters is 1. The summed E-state index contributed by atoms with van der Waals surface area (Å²) in [6.45, 7) is 9.02. The number of fused-ring (bicyclic) bond motifs is 1. The second-order valence-corrected chi connectivity index (χ2v) is 7.79. The van der Waals surface area contributed by atoms with Crippen molar-refractivity contribution in [2.24, 2.45) is 5.92 Å². The van der Waals surface area contributed by atoms with Gasteiger partial charge in [0, 0.05) is 17.7 Å². The van der Waals surface area contributed by atoms with Crippen molar-refractivity contribution in [1.82, 2.24) is 4.98 Å². The predicted molar refractivity (Wildman–Crippen MR) is 113 cm³/mol. The van der Waals surface area contributed by atoms with Crippen molar-refractivity contribution >= 4 is 11.8 Å². The van der Waals surface area contributed by atoms with Gasteiger partial charge in [0.2, 0.25) is 0 Å². The zero-order valence-corrected chi connectivity index (χ0v) is 17.8. The molecule has 0 bridgehead atoms. The Morgan fingerprint density at radius 1 is 1.14 bits per heavy atom. The standard InChI is InChI=1S/C24H31NO4/c1-5-16(6-2)14-29-24(27)23-15(4)22-20(25-23)12-18(13-21(22)26)17-8-10-19(11-9-17)28-7-3/h8-11,16,18,25H,5-7,12-14H2,1-4H3. The summed E-state index contributed by atoms with van der Waals surface area (Å²) in [7, 11) is 0. The van der Waals surface area contributed by atoms with Crippen LogP contribution in [0.2, 0.25) is 0 Å². The topological polar surface area (TPSA) is 68.4 Å². The number of nitrogens with one attached hydrogen (secondary N) is 1. The quantitative estimate of drug-likeness (QED) is 0.620. The molecule has 1 heterocycles. The van der Waals surface area contributed by atoms with Gasteiger partial charge in [-0.15, -0.1) is 0 Å². The van der Waals surface area contributed by atoms with Crippen molar-refractivity contribution in [3.63, 3.8) is 0 Å². The summed E-state index contributed by atoms with van der Waals surface area (Å²) in [4.78, 5) is 28.7. The number of Topliss-reactive ketones (excluding diaryl/α,β-unsaturated/α-hetero) is 1. The Labute approximate surface area is 172 Å². The first kappa shape index (κ1) is 21.2. The molecule has 0 aliphatic heterocycles. The monoisotopic (exact) mass is 397 g/mol. The van der Waals surface area contributed by atoms with Gasteiger partial charge in [0.1, 0.15) is 11.4 Å². The lowest BCUT2D eigenvalue weighted by Crippen LogP contribution is -2.18. The van der Waals surface area contributed by atoms with Gasteiger partial charge in [0.15, 0.2) is 5.78 Å². The summed E-state index contributed by atoms with van der Waals surface area (Å²) < 4.78 is 11.0. The molecule has 1 aromatic carbocycles. The summed E-state index contributed by atoms with van der Waals surface area (Å²) in [6, 6.07) is 7.93. The Morgan fingerprint density at radius 2 is 1.83 bits per heavy atom. The second kappa shape index (κ2) is 9.29. The van der Waals surface area contributed by atoms with Crippen molar-refractivity contribution in [2.75, 3.05) is 13.2 Å². The fourth-order valence-corrected chi connectivity index (χ4v) is 4.07. The lowest BCUT2D eigenvalue weighted by atomic mass is 9.81. The lowest BCUT2D eigenvalue weighted by molar-refractivity contribution is 0.0426. The van der Waals surface area contributed by atoms with E-state index in [1.165, 1.54) is 0 Å². The molecule has 1 atom stereocenters. The number of carbonyl (C=O) groups is 2. The van der Waals surface area contributed by atoms with Gasteiger partial charge in [-0.05, 0) is 55.4 Å². The minimum atomic E-state index is -0.366. The molecular weight excluding hydrogens is 366 g/mol. The molecule has 1 N–H and O–H groups in total. The Bertz CT molecular complexity index is 862. The van der Waals surface area contributed by atoms with Crippen molar-refractivity contribution in [3.8, 4) is 5.75 Å². The van der Waals surface area contributed by atoms with Crippen LogP contribution in [-0.4, -0.2) is 30.0 Å². The molecule has 0 spiro atoms. The van der Waals surface area contributed by atoms with Gasteiger partial charge >= 0.3 is 5.97 Å². The number of aromatic nitrogens is 1. The van der Waals surface area contributed by atoms with Crippen LogP contribution in [0.25, 0.3) is 0 Å². The van der Waals surface area contributed by atoms with E-state index < -0.39 is 0 Å². The molecule has 1 aromatic heterocycles. The smallest absolute Gasteiger partial charge is 0.355 e. The highest BCUT2D eigenvalue weighted by molar-refractivity contribution is 6.03. The van der Waals surface area contributed by atoms with Crippen LogP contribution in [0.4, 0.5) is 0 Å². The van der Waals surface area contributed by atoms with Crippen LogP contribution in [0.1, 0.15) is 83.6 Å². The van der Waals surface area contributed by atoms with Crippen LogP contribution in [0.5, 0.6) is 5.75 Å². The Balaban J connectivity index is 1.77. The molecule has 5 nitrogen and oxygen atoms in total. The summed E-state index contributed by atoms with van der Waals surface area (Å²) in [5.74, 6) is 1.01. The molecule has 0 saturated carbocycles. The third kappa shape index (κ3) is 4.55. The number of H-pyrrole nitrogens is 1. The third-order valence-corrected chi connectivity index (χ3v) is 5.96. The number of ether oxygens (including phenoxy) is 2. The van der Waals surface area contributed by atoms with Gasteiger partial charge in [-0.25, -0.2) is 4.79 Å². The molecular formula is C24H31NO4. The van der Waals surface area contributed by atoms with Gasteiger partial charge in [0.05, 0.1) is 13.2 Å². The molecule has 2 aromatic rings. The SMILES string of the molecule is CCOc1ccc(C2CC(=O)c3c([nH]c(C(=O)OCC(CC)CC)c3C)C2)cc1. The van der Waals surface area contributed by atoms with E-state index in [9.17, 15) is 9.59 Å². The summed E-state index contributed by atoms with van der Waals surface area (Å²) in [5, 5.41) is 0. The second-order valence-electron chi connectivity index (χ2n) is 7.79. The van der Waals surface area contributed by atoms with E-state index in [1.807, 2.05) is 38.1 Å². The number of rotatable bonds is 8. The fourth-order valence-electron chi connectivity index (χ4n) is 4.07. The van der Waals surface area contributed by atoms with E-state index >= 15 is 0 Å². The summed E-state index contributed by atoms with van der Waals surface area (Å²) in [5.41, 5.74) is 3.75. The molecule has 0 fully saturated rings. The van der Waals surface area contributed by atoms with Crippen molar-refractivity contribution < 1.29 is 19.1 Å². The first-order valence-electron chi connectivity index (χ1n) is 10.6. The zero-order chi connectivity index (χ0) is 21.0. The van der Waals surface area contributed by atoms with E-state index in [-0.39, 0.29) is 17.7 Å². The average Bonchev–Trinajstić information content (AvgIpc) is 3.06. The van der Waals surface area contributed by atoms with Crippen LogP contribution in [0, 0.1) is 12.8 Å². The average molecular weight is 398 g/mol. The van der Waals surface area contributed by atoms with Crippen molar-refractivity contribution in [3.05, 3.63) is 52.3 Å². The maximum Gasteiger partial charge on any atom is 0.355 e. The highest BCUT2D eigenvalue weighted by Gasteiger charge is 2.32. The van der Waals surface area contributed by atoms with Gasteiger partial charge < -0.3 is 14.5 Å². The lowest BCUT2D eigenvalue weighted by Gasteiger charge is -2.22. The zero-order valence-electron chi connectivity index (χ0n) is 17.8. The molecule has 29 heavy (non-hydrogen) atoms. The van der Waals surface area contributed by atoms with Crippen molar-refractivity contribution in [2.45, 2.75) is 59.3 Å². The van der Waals surface area contributed by atoms with E-state index in [0.717, 1.165) is 29.8 Å². The Hall–Kier alpha value is -2.56. The first-order chi connectivity index (χ1) is 14.0. The molecule has 1 aliphatic carbocycles. The highest BCUT2D eigenvalue weighted by atomic mass is 16.5. The number of ketones is 1. The molecule has 3 rings (SSSR count). The number of hydrogen-bond acceptors (Lipinski definition) is 4. The minimum absolute atomic E-state index is 0.0814. The third-order valence-electron chi connectivity index (χ3n) is 5.96. The van der Waals surface area contributed by atoms with Crippen LogP contribution in [-0.2, 0) is 11.2 Å². The number of aromatic amines is 1. The Kier molecular flexibility index (Phi) is 6.78. The molecule has 0 saturated heterocycles. The number of benzene rings is 1. The summed E-state index contributed by atoms with van der Waals surface area (Å²) >= 11 is 0. The molecule has 156 valence electrons. The molecule has 5 heteroatoms. The number of carbonyl (C=O) groups excluding carboxylic acids is 2. The van der Waals surface area contributed by atoms with Crippen LogP contribution < -0.4 is 4.74 Å². The van der Waals surface area contributed by atoms with Gasteiger partial charge in [-0.2, -0.15) is 0 Å². The van der Waals surface area contributed by atoms with Gasteiger partial charge in [0.25, 0.3) is 0 Å². The van der Waals surface area contributed by atoms with Gasteiger partial charge in [-0.3, -0.25) is 4.79 Å². The van der Waals surface area contributed by atoms with Crippen LogP contribution in [0.15, 0.2) is 24.3 Å². The maximum atomic E-state index is 12.9. The Morgan fingerprint density at radius 3 is 2.45 bits per heavy atom. The summed E-state index contributed by atoms with van der Waals surface area (Å²) in [6.07, 6.45) is 3.11.